The Morgan fingerprint density at radius 1 is 1.29 bits per heavy atom. The molecule has 24 heavy (non-hydrogen) atoms. The van der Waals surface area contributed by atoms with E-state index in [0.717, 1.165) is 50.3 Å². The second-order valence-corrected chi connectivity index (χ2v) is 7.03. The molecule has 1 unspecified atom stereocenters. The fourth-order valence-corrected chi connectivity index (χ4v) is 3.27. The molecule has 1 N–H and O–H groups in total. The van der Waals surface area contributed by atoms with Crippen molar-refractivity contribution in [1.29, 1.82) is 0 Å². The van der Waals surface area contributed by atoms with Crippen molar-refractivity contribution in [3.63, 3.8) is 0 Å². The number of nitrogens with one attached hydrogen (secondary N) is 1. The Morgan fingerprint density at radius 3 is 2.75 bits per heavy atom. The van der Waals surface area contributed by atoms with Crippen molar-refractivity contribution in [2.45, 2.75) is 25.3 Å². The summed E-state index contributed by atoms with van der Waals surface area (Å²) in [6, 6.07) is 9.66. The molecular formula is C18H20ClN3O2. The number of hydrogen-bond acceptors (Lipinski definition) is 3. The number of amides is 1. The average Bonchev–Trinajstić information content (AvgIpc) is 3.10. The zero-order valence-corrected chi connectivity index (χ0v) is 14.1. The van der Waals surface area contributed by atoms with Crippen LogP contribution in [0.1, 0.15) is 29.8 Å². The number of carbonyl (C=O) groups excluding carboxylic acids is 1. The monoisotopic (exact) mass is 345 g/mol. The minimum absolute atomic E-state index is 0.0390. The summed E-state index contributed by atoms with van der Waals surface area (Å²) in [4.78, 5) is 14.9. The van der Waals surface area contributed by atoms with E-state index in [9.17, 15) is 4.79 Å². The summed E-state index contributed by atoms with van der Waals surface area (Å²) in [5.74, 6) is 0.491. The van der Waals surface area contributed by atoms with Crippen LogP contribution in [0.5, 0.6) is 0 Å². The number of hydrogen-bond donors (Lipinski definition) is 1. The van der Waals surface area contributed by atoms with Crippen molar-refractivity contribution in [2.75, 3.05) is 19.8 Å². The summed E-state index contributed by atoms with van der Waals surface area (Å²) in [7, 11) is 0. The molecule has 6 heteroatoms. The summed E-state index contributed by atoms with van der Waals surface area (Å²) in [5.41, 5.74) is 2.25. The fraction of sp³-hybridized carbons (Fsp3) is 0.444. The molecule has 1 saturated carbocycles. The van der Waals surface area contributed by atoms with Crippen molar-refractivity contribution in [3.8, 4) is 11.3 Å². The van der Waals surface area contributed by atoms with Gasteiger partial charge in [-0.2, -0.15) is 5.10 Å². The van der Waals surface area contributed by atoms with Gasteiger partial charge in [0.15, 0.2) is 0 Å². The second-order valence-electron chi connectivity index (χ2n) is 6.59. The number of H-pyrrole nitrogens is 1. The predicted octanol–water partition coefficient (Wildman–Crippen LogP) is 3.37. The van der Waals surface area contributed by atoms with E-state index in [-0.39, 0.29) is 5.91 Å². The zero-order chi connectivity index (χ0) is 16.5. The molecule has 0 bridgehead atoms. The molecule has 5 nitrogen and oxygen atoms in total. The molecule has 1 aliphatic heterocycles. The zero-order valence-electron chi connectivity index (χ0n) is 13.4. The molecule has 1 aliphatic carbocycles. The van der Waals surface area contributed by atoms with Crippen LogP contribution in [-0.2, 0) is 4.74 Å². The minimum Gasteiger partial charge on any atom is -0.381 e. The molecule has 1 amide bonds. The van der Waals surface area contributed by atoms with E-state index in [2.05, 4.69) is 10.2 Å². The molecule has 2 aromatic rings. The molecule has 1 aromatic carbocycles. The first-order chi connectivity index (χ1) is 11.7. The van der Waals surface area contributed by atoms with Gasteiger partial charge in [-0.25, -0.2) is 0 Å². The average molecular weight is 346 g/mol. The van der Waals surface area contributed by atoms with Crippen LogP contribution in [0.3, 0.4) is 0 Å². The quantitative estimate of drug-likeness (QED) is 0.903. The van der Waals surface area contributed by atoms with Crippen molar-refractivity contribution >= 4 is 17.5 Å². The molecule has 2 aliphatic rings. The Kier molecular flexibility index (Phi) is 4.29. The minimum atomic E-state index is 0.0390. The topological polar surface area (TPSA) is 58.2 Å². The normalized spacial score (nSPS) is 20.3. The maximum absolute atomic E-state index is 12.9. The lowest BCUT2D eigenvalue weighted by atomic mass is 10.1. The number of benzene rings is 1. The smallest absolute Gasteiger partial charge is 0.272 e. The molecule has 0 radical (unpaired) electrons. The largest absolute Gasteiger partial charge is 0.381 e. The van der Waals surface area contributed by atoms with E-state index >= 15 is 0 Å². The van der Waals surface area contributed by atoms with Crippen LogP contribution in [0.25, 0.3) is 11.3 Å². The van der Waals surface area contributed by atoms with Crippen LogP contribution >= 0.6 is 11.6 Å². The second kappa shape index (κ2) is 6.57. The van der Waals surface area contributed by atoms with Gasteiger partial charge < -0.3 is 9.64 Å². The maximum Gasteiger partial charge on any atom is 0.272 e. The number of rotatable bonds is 5. The van der Waals surface area contributed by atoms with Crippen molar-refractivity contribution in [1.82, 2.24) is 15.1 Å². The molecule has 1 aromatic heterocycles. The van der Waals surface area contributed by atoms with Crippen LogP contribution in [-0.4, -0.2) is 46.8 Å². The number of aromatic nitrogens is 2. The predicted molar refractivity (Wildman–Crippen MR) is 92.0 cm³/mol. The lowest BCUT2D eigenvalue weighted by molar-refractivity contribution is 0.0700. The Bertz CT molecular complexity index is 718. The molecule has 126 valence electrons. The Balaban J connectivity index is 1.51. The fourth-order valence-electron chi connectivity index (χ4n) is 3.14. The highest BCUT2D eigenvalue weighted by atomic mass is 35.5. The molecular weight excluding hydrogens is 326 g/mol. The van der Waals surface area contributed by atoms with Crippen LogP contribution in [0, 0.1) is 5.92 Å². The van der Waals surface area contributed by atoms with Gasteiger partial charge >= 0.3 is 0 Å². The Morgan fingerprint density at radius 2 is 2.08 bits per heavy atom. The highest BCUT2D eigenvalue weighted by molar-refractivity contribution is 6.30. The van der Waals surface area contributed by atoms with Gasteiger partial charge in [-0.05, 0) is 37.5 Å². The van der Waals surface area contributed by atoms with Gasteiger partial charge in [0, 0.05) is 35.7 Å². The summed E-state index contributed by atoms with van der Waals surface area (Å²) < 4.78 is 5.45. The number of carbonyl (C=O) groups is 1. The van der Waals surface area contributed by atoms with Crippen LogP contribution in [0.15, 0.2) is 30.3 Å². The molecule has 0 spiro atoms. The molecule has 2 fully saturated rings. The van der Waals surface area contributed by atoms with Gasteiger partial charge in [-0.1, -0.05) is 23.7 Å². The number of nitrogens with zero attached hydrogens (tertiary/aromatic N) is 2. The standard InChI is InChI=1S/C18H20ClN3O2/c19-14-3-1-13(2-4-14)16-9-17(21-20-16)18(23)22(15-5-6-15)10-12-7-8-24-11-12/h1-4,9,12,15H,5-8,10-11H2,(H,20,21). The van der Waals surface area contributed by atoms with Crippen molar-refractivity contribution in [2.24, 2.45) is 5.92 Å². The van der Waals surface area contributed by atoms with Crippen molar-refractivity contribution < 1.29 is 9.53 Å². The third-order valence-electron chi connectivity index (χ3n) is 4.68. The highest BCUT2D eigenvalue weighted by Crippen LogP contribution is 2.30. The maximum atomic E-state index is 12.9. The molecule has 4 rings (SSSR count). The molecule has 1 saturated heterocycles. The van der Waals surface area contributed by atoms with Gasteiger partial charge in [-0.15, -0.1) is 0 Å². The summed E-state index contributed by atoms with van der Waals surface area (Å²) in [5, 5.41) is 7.88. The number of halogens is 1. The van der Waals surface area contributed by atoms with E-state index in [1.165, 1.54) is 0 Å². The molecule has 1 atom stereocenters. The summed E-state index contributed by atoms with van der Waals surface area (Å²) in [6.07, 6.45) is 3.23. The highest BCUT2D eigenvalue weighted by Gasteiger charge is 2.35. The molecule has 2 heterocycles. The Hall–Kier alpha value is -1.85. The first-order valence-corrected chi connectivity index (χ1v) is 8.78. The first kappa shape index (κ1) is 15.7. The van der Waals surface area contributed by atoms with Crippen LogP contribution < -0.4 is 0 Å². The van der Waals surface area contributed by atoms with Gasteiger partial charge in [0.05, 0.1) is 12.3 Å². The van der Waals surface area contributed by atoms with Crippen LogP contribution in [0.2, 0.25) is 5.02 Å². The lowest BCUT2D eigenvalue weighted by Crippen LogP contribution is -2.37. The summed E-state index contributed by atoms with van der Waals surface area (Å²) >= 11 is 5.92. The van der Waals surface area contributed by atoms with Crippen molar-refractivity contribution in [3.05, 3.63) is 41.0 Å². The van der Waals surface area contributed by atoms with Gasteiger partial charge in [0.25, 0.3) is 5.91 Å². The number of ether oxygens (including phenoxy) is 1. The van der Waals surface area contributed by atoms with Gasteiger partial charge in [0.2, 0.25) is 0 Å². The van der Waals surface area contributed by atoms with Gasteiger partial charge in [0.1, 0.15) is 5.69 Å². The third-order valence-corrected chi connectivity index (χ3v) is 4.93. The third kappa shape index (κ3) is 3.32. The Labute approximate surface area is 145 Å². The summed E-state index contributed by atoms with van der Waals surface area (Å²) in [6.45, 7) is 2.34. The van der Waals surface area contributed by atoms with E-state index in [4.69, 9.17) is 16.3 Å². The first-order valence-electron chi connectivity index (χ1n) is 8.41. The van der Waals surface area contributed by atoms with E-state index in [1.807, 2.05) is 35.2 Å². The van der Waals surface area contributed by atoms with E-state index in [1.54, 1.807) is 0 Å². The van der Waals surface area contributed by atoms with Crippen LogP contribution in [0.4, 0.5) is 0 Å². The van der Waals surface area contributed by atoms with E-state index < -0.39 is 0 Å². The lowest BCUT2D eigenvalue weighted by Gasteiger charge is -2.24. The van der Waals surface area contributed by atoms with Gasteiger partial charge in [-0.3, -0.25) is 9.89 Å². The number of aromatic amines is 1. The SMILES string of the molecule is O=C(c1cc(-c2ccc(Cl)cc2)n[nH]1)N(CC1CCOC1)C1CC1. The van der Waals surface area contributed by atoms with E-state index in [0.29, 0.717) is 22.7 Å².